The van der Waals surface area contributed by atoms with E-state index in [1.807, 2.05) is 26.0 Å². The van der Waals surface area contributed by atoms with E-state index in [-0.39, 0.29) is 24.3 Å². The van der Waals surface area contributed by atoms with Gasteiger partial charge in [-0.3, -0.25) is 9.59 Å². The van der Waals surface area contributed by atoms with Crippen molar-refractivity contribution in [1.29, 1.82) is 0 Å². The Morgan fingerprint density at radius 1 is 1.03 bits per heavy atom. The van der Waals surface area contributed by atoms with Gasteiger partial charge in [-0.25, -0.2) is 0 Å². The van der Waals surface area contributed by atoms with Crippen molar-refractivity contribution in [3.8, 4) is 11.5 Å². The topological polar surface area (TPSA) is 120 Å². The number of carbonyl (C=O) groups excluding carboxylic acids is 2. The Hall–Kier alpha value is -2.32. The van der Waals surface area contributed by atoms with Gasteiger partial charge in [0.25, 0.3) is 0 Å². The smallest absolute Gasteiger partial charge is 0.224 e. The molecular formula is C30H52N2O6. The van der Waals surface area contributed by atoms with E-state index in [2.05, 4.69) is 25.2 Å². The Kier molecular flexibility index (Phi) is 14.7. The van der Waals surface area contributed by atoms with Crippen LogP contribution in [0.5, 0.6) is 11.5 Å². The van der Waals surface area contributed by atoms with Gasteiger partial charge in [0.2, 0.25) is 11.8 Å². The van der Waals surface area contributed by atoms with E-state index >= 15 is 0 Å². The van der Waals surface area contributed by atoms with Crippen molar-refractivity contribution >= 4 is 11.8 Å². The van der Waals surface area contributed by atoms with Crippen LogP contribution in [0, 0.1) is 29.1 Å². The first-order valence-electron chi connectivity index (χ1n) is 13.9. The molecule has 0 spiro atoms. The number of aliphatic hydroxyl groups excluding tert-OH is 1. The minimum absolute atomic E-state index is 0.0591. The molecule has 0 saturated carbocycles. The van der Waals surface area contributed by atoms with Gasteiger partial charge < -0.3 is 30.4 Å². The molecule has 0 aliphatic rings. The highest BCUT2D eigenvalue weighted by Crippen LogP contribution is 2.32. The molecule has 0 radical (unpaired) electrons. The zero-order valence-corrected chi connectivity index (χ0v) is 24.8. The predicted molar refractivity (Wildman–Crippen MR) is 151 cm³/mol. The van der Waals surface area contributed by atoms with Crippen molar-refractivity contribution in [2.75, 3.05) is 34.0 Å². The second-order valence-corrected chi connectivity index (χ2v) is 11.7. The van der Waals surface area contributed by atoms with Gasteiger partial charge >= 0.3 is 0 Å². The van der Waals surface area contributed by atoms with Crippen molar-refractivity contribution in [3.05, 3.63) is 23.8 Å². The second kappa shape index (κ2) is 16.6. The van der Waals surface area contributed by atoms with Gasteiger partial charge in [-0.1, -0.05) is 33.8 Å². The van der Waals surface area contributed by atoms with E-state index in [4.69, 9.17) is 19.9 Å². The first-order valence-corrected chi connectivity index (χ1v) is 13.9. The number of nitrogens with two attached hydrogens (primary N) is 1. The van der Waals surface area contributed by atoms with Gasteiger partial charge in [0, 0.05) is 32.6 Å². The Labute approximate surface area is 230 Å². The first kappa shape index (κ1) is 33.7. The van der Waals surface area contributed by atoms with Gasteiger partial charge in [-0.15, -0.1) is 0 Å². The van der Waals surface area contributed by atoms with E-state index in [0.717, 1.165) is 30.6 Å². The van der Waals surface area contributed by atoms with Crippen LogP contribution in [0.3, 0.4) is 0 Å². The zero-order chi connectivity index (χ0) is 28.9. The van der Waals surface area contributed by atoms with Gasteiger partial charge in [-0.05, 0) is 75.0 Å². The molecule has 8 nitrogen and oxygen atoms in total. The third-order valence-corrected chi connectivity index (χ3v) is 7.33. The molecule has 0 heterocycles. The van der Waals surface area contributed by atoms with Crippen LogP contribution in [0.4, 0.5) is 0 Å². The summed E-state index contributed by atoms with van der Waals surface area (Å²) in [6.45, 7) is 13.2. The number of benzene rings is 1. The maximum absolute atomic E-state index is 12.9. The highest BCUT2D eigenvalue weighted by atomic mass is 16.5. The molecule has 0 aromatic heterocycles. The SMILES string of the molecule is COCCCOc1cc(C[C@@H](CCC(O)C[C@H](C(=O)NCC(C)(C)C(N)=O)C(C)C)C(C)C)ccc1OC. The van der Waals surface area contributed by atoms with Crippen molar-refractivity contribution in [3.63, 3.8) is 0 Å². The summed E-state index contributed by atoms with van der Waals surface area (Å²) in [6, 6.07) is 6.06. The highest BCUT2D eigenvalue weighted by molar-refractivity contribution is 5.83. The molecular weight excluding hydrogens is 484 g/mol. The van der Waals surface area contributed by atoms with E-state index in [1.165, 1.54) is 0 Å². The standard InChI is InChI=1S/C30H52N2O6/c1-20(2)23(16-22-10-13-26(37-8)27(17-22)38-15-9-14-36-7)11-12-24(33)18-25(21(3)4)28(34)32-19-30(5,6)29(31)35/h10,13,17,20-21,23-25,33H,9,11-12,14-16,18-19H2,1-8H3,(H2,31,35)(H,32,34)/t23-,24?,25+/m1/s1. The van der Waals surface area contributed by atoms with Crippen LogP contribution in [0.25, 0.3) is 0 Å². The lowest BCUT2D eigenvalue weighted by molar-refractivity contribution is -0.130. The molecule has 2 amide bonds. The lowest BCUT2D eigenvalue weighted by atomic mass is 9.82. The van der Waals surface area contributed by atoms with Gasteiger partial charge in [-0.2, -0.15) is 0 Å². The number of hydrogen-bond acceptors (Lipinski definition) is 6. The molecule has 1 aromatic carbocycles. The maximum atomic E-state index is 12.9. The number of aliphatic hydroxyl groups is 1. The van der Waals surface area contributed by atoms with Crippen molar-refractivity contribution in [2.24, 2.45) is 34.8 Å². The number of rotatable bonds is 19. The molecule has 4 N–H and O–H groups in total. The fourth-order valence-corrected chi connectivity index (χ4v) is 4.35. The second-order valence-electron chi connectivity index (χ2n) is 11.7. The highest BCUT2D eigenvalue weighted by Gasteiger charge is 2.30. The number of ether oxygens (including phenoxy) is 3. The van der Waals surface area contributed by atoms with Gasteiger partial charge in [0.15, 0.2) is 11.5 Å². The number of hydrogen-bond donors (Lipinski definition) is 3. The molecule has 1 aromatic rings. The lowest BCUT2D eigenvalue weighted by Crippen LogP contribution is -2.45. The molecule has 0 aliphatic heterocycles. The fourth-order valence-electron chi connectivity index (χ4n) is 4.35. The Bertz CT molecular complexity index is 855. The fraction of sp³-hybridized carbons (Fsp3) is 0.733. The van der Waals surface area contributed by atoms with Crippen molar-refractivity contribution in [2.45, 2.75) is 79.8 Å². The summed E-state index contributed by atoms with van der Waals surface area (Å²) in [5, 5.41) is 13.7. The van der Waals surface area contributed by atoms with Crippen LogP contribution in [-0.4, -0.2) is 57.0 Å². The monoisotopic (exact) mass is 536 g/mol. The van der Waals surface area contributed by atoms with E-state index < -0.39 is 17.4 Å². The molecule has 0 aliphatic carbocycles. The molecule has 1 unspecified atom stereocenters. The van der Waals surface area contributed by atoms with Crippen LogP contribution >= 0.6 is 0 Å². The van der Waals surface area contributed by atoms with Crippen LogP contribution in [-0.2, 0) is 20.7 Å². The van der Waals surface area contributed by atoms with Crippen molar-refractivity contribution < 1.29 is 28.9 Å². The Balaban J connectivity index is 2.77. The largest absolute Gasteiger partial charge is 0.493 e. The predicted octanol–water partition coefficient (Wildman–Crippen LogP) is 4.36. The normalized spacial score (nSPS) is 14.3. The van der Waals surface area contributed by atoms with Gasteiger partial charge in [0.1, 0.15) is 0 Å². The molecule has 0 saturated heterocycles. The molecule has 8 heteroatoms. The van der Waals surface area contributed by atoms with E-state index in [0.29, 0.717) is 43.6 Å². The van der Waals surface area contributed by atoms with Crippen LogP contribution in [0.1, 0.15) is 72.8 Å². The number of nitrogens with one attached hydrogen (secondary N) is 1. The minimum atomic E-state index is -0.823. The molecule has 3 atom stereocenters. The molecule has 218 valence electrons. The molecule has 0 bridgehead atoms. The maximum Gasteiger partial charge on any atom is 0.224 e. The quantitative estimate of drug-likeness (QED) is 0.226. The van der Waals surface area contributed by atoms with E-state index in [9.17, 15) is 14.7 Å². The summed E-state index contributed by atoms with van der Waals surface area (Å²) < 4.78 is 16.5. The molecule has 0 fully saturated rings. The van der Waals surface area contributed by atoms with Crippen LogP contribution in [0.15, 0.2) is 18.2 Å². The average molecular weight is 537 g/mol. The number of carbonyl (C=O) groups is 2. The Morgan fingerprint density at radius 2 is 1.71 bits per heavy atom. The zero-order valence-electron chi connectivity index (χ0n) is 24.8. The Morgan fingerprint density at radius 3 is 2.26 bits per heavy atom. The van der Waals surface area contributed by atoms with Crippen molar-refractivity contribution in [1.82, 2.24) is 5.32 Å². The van der Waals surface area contributed by atoms with Crippen LogP contribution in [0.2, 0.25) is 0 Å². The third-order valence-electron chi connectivity index (χ3n) is 7.33. The lowest BCUT2D eigenvalue weighted by Gasteiger charge is -2.27. The summed E-state index contributed by atoms with van der Waals surface area (Å²) in [5.74, 6) is 1.34. The summed E-state index contributed by atoms with van der Waals surface area (Å²) in [4.78, 5) is 24.5. The van der Waals surface area contributed by atoms with Gasteiger partial charge in [0.05, 0.1) is 25.2 Å². The average Bonchev–Trinajstić information content (AvgIpc) is 2.85. The minimum Gasteiger partial charge on any atom is -0.493 e. The summed E-state index contributed by atoms with van der Waals surface area (Å²) >= 11 is 0. The number of methoxy groups -OCH3 is 2. The summed E-state index contributed by atoms with van der Waals surface area (Å²) in [7, 11) is 3.31. The summed E-state index contributed by atoms with van der Waals surface area (Å²) in [5.41, 5.74) is 5.77. The van der Waals surface area contributed by atoms with E-state index in [1.54, 1.807) is 28.1 Å². The number of primary amides is 1. The summed E-state index contributed by atoms with van der Waals surface area (Å²) in [6.07, 6.45) is 2.91. The first-order chi connectivity index (χ1) is 17.8. The number of amides is 2. The molecule has 1 rings (SSSR count). The third kappa shape index (κ3) is 11.6. The van der Waals surface area contributed by atoms with Crippen LogP contribution < -0.4 is 20.5 Å². The molecule has 38 heavy (non-hydrogen) atoms.